The van der Waals surface area contributed by atoms with Crippen molar-refractivity contribution in [3.05, 3.63) is 198 Å². The summed E-state index contributed by atoms with van der Waals surface area (Å²) >= 11 is 0. The van der Waals surface area contributed by atoms with E-state index >= 15 is 0 Å². The molecule has 0 saturated heterocycles. The Bertz CT molecular complexity index is 2110. The Morgan fingerprint density at radius 3 is 1.35 bits per heavy atom. The molecular formula is C43H29N3. The van der Waals surface area contributed by atoms with Gasteiger partial charge in [0.15, 0.2) is 0 Å². The van der Waals surface area contributed by atoms with Crippen molar-refractivity contribution in [2.75, 3.05) is 4.90 Å². The summed E-state index contributed by atoms with van der Waals surface area (Å²) in [6.45, 7) is 0. The van der Waals surface area contributed by atoms with Crippen molar-refractivity contribution in [2.45, 2.75) is 5.41 Å². The Kier molecular flexibility index (Phi) is 6.04. The topological polar surface area (TPSA) is 29.0 Å². The molecule has 5 aromatic carbocycles. The van der Waals surface area contributed by atoms with E-state index in [-0.39, 0.29) is 0 Å². The van der Waals surface area contributed by atoms with Crippen LogP contribution in [0.4, 0.5) is 17.1 Å². The molecule has 3 heterocycles. The molecule has 0 bridgehead atoms. The Morgan fingerprint density at radius 1 is 0.391 bits per heavy atom. The zero-order valence-electron chi connectivity index (χ0n) is 25.1. The fraction of sp³-hybridized carbons (Fsp3) is 0.0233. The van der Waals surface area contributed by atoms with E-state index in [1.165, 1.54) is 55.9 Å². The van der Waals surface area contributed by atoms with Crippen LogP contribution in [0, 0.1) is 0 Å². The van der Waals surface area contributed by atoms with Gasteiger partial charge in [0, 0.05) is 30.5 Å². The first-order valence-corrected chi connectivity index (χ1v) is 15.6. The fourth-order valence-electron chi connectivity index (χ4n) is 7.51. The maximum atomic E-state index is 4.30. The second kappa shape index (κ2) is 10.5. The molecule has 216 valence electrons. The standard InChI is InChI=1S/C43H29N3/c1-2-8-36(9-3-1)46-41-12-6-4-10-37(41)43(38-11-5-7-13-42(38)46)39-28-34(30-20-24-44-25-21-30)18-16-32(39)14-15-33-17-19-35(29-40(33)43)31-22-26-45-27-23-31/h1-29H. The highest BCUT2D eigenvalue weighted by Gasteiger charge is 2.48. The van der Waals surface area contributed by atoms with Gasteiger partial charge in [0.1, 0.15) is 0 Å². The molecule has 1 aliphatic heterocycles. The van der Waals surface area contributed by atoms with Crippen LogP contribution < -0.4 is 4.90 Å². The second-order valence-corrected chi connectivity index (χ2v) is 11.9. The van der Waals surface area contributed by atoms with Gasteiger partial charge in [-0.05, 0) is 116 Å². The van der Waals surface area contributed by atoms with Crippen LogP contribution in [0.5, 0.6) is 0 Å². The van der Waals surface area contributed by atoms with E-state index in [0.29, 0.717) is 0 Å². The average Bonchev–Trinajstić information content (AvgIpc) is 3.28. The molecule has 2 aliphatic rings. The highest BCUT2D eigenvalue weighted by Crippen LogP contribution is 2.60. The van der Waals surface area contributed by atoms with Crippen molar-refractivity contribution < 1.29 is 0 Å². The number of fused-ring (bicyclic) bond motifs is 8. The van der Waals surface area contributed by atoms with E-state index in [9.17, 15) is 0 Å². The van der Waals surface area contributed by atoms with Crippen LogP contribution in [-0.2, 0) is 5.41 Å². The van der Waals surface area contributed by atoms with Crippen molar-refractivity contribution >= 4 is 29.2 Å². The lowest BCUT2D eigenvalue weighted by Crippen LogP contribution is -2.38. The lowest BCUT2D eigenvalue weighted by Gasteiger charge is -2.47. The molecule has 0 radical (unpaired) electrons. The number of nitrogens with zero attached hydrogens (tertiary/aromatic N) is 3. The van der Waals surface area contributed by atoms with Crippen LogP contribution >= 0.6 is 0 Å². The zero-order valence-corrected chi connectivity index (χ0v) is 25.1. The van der Waals surface area contributed by atoms with Crippen molar-refractivity contribution in [1.82, 2.24) is 9.97 Å². The van der Waals surface area contributed by atoms with Crippen molar-refractivity contribution in [2.24, 2.45) is 0 Å². The van der Waals surface area contributed by atoms with Gasteiger partial charge in [-0.1, -0.05) is 91.0 Å². The summed E-state index contributed by atoms with van der Waals surface area (Å²) in [5.74, 6) is 0. The molecule has 46 heavy (non-hydrogen) atoms. The molecule has 0 N–H and O–H groups in total. The van der Waals surface area contributed by atoms with Gasteiger partial charge in [0.05, 0.1) is 16.8 Å². The van der Waals surface area contributed by atoms with E-state index in [4.69, 9.17) is 0 Å². The predicted octanol–water partition coefficient (Wildman–Crippen LogP) is 10.5. The lowest BCUT2D eigenvalue weighted by molar-refractivity contribution is 0.730. The maximum absolute atomic E-state index is 4.30. The van der Waals surface area contributed by atoms with E-state index in [0.717, 1.165) is 16.8 Å². The summed E-state index contributed by atoms with van der Waals surface area (Å²) in [4.78, 5) is 11.0. The Morgan fingerprint density at radius 2 is 0.848 bits per heavy atom. The minimum absolute atomic E-state index is 0.612. The van der Waals surface area contributed by atoms with Crippen molar-refractivity contribution in [3.8, 4) is 22.3 Å². The van der Waals surface area contributed by atoms with Crippen LogP contribution in [0.3, 0.4) is 0 Å². The minimum atomic E-state index is -0.612. The van der Waals surface area contributed by atoms with Gasteiger partial charge < -0.3 is 4.90 Å². The van der Waals surface area contributed by atoms with Gasteiger partial charge in [-0.2, -0.15) is 0 Å². The monoisotopic (exact) mass is 587 g/mol. The Labute approximate surface area is 268 Å². The summed E-state index contributed by atoms with van der Waals surface area (Å²) in [5, 5.41) is 0. The molecule has 1 spiro atoms. The number of pyridine rings is 2. The third-order valence-electron chi connectivity index (χ3n) is 9.50. The number of hydrogen-bond acceptors (Lipinski definition) is 3. The second-order valence-electron chi connectivity index (χ2n) is 11.9. The number of aromatic nitrogens is 2. The molecule has 9 rings (SSSR count). The predicted molar refractivity (Wildman–Crippen MR) is 188 cm³/mol. The van der Waals surface area contributed by atoms with Crippen LogP contribution in [0.2, 0.25) is 0 Å². The molecule has 7 aromatic rings. The van der Waals surface area contributed by atoms with Crippen molar-refractivity contribution in [1.29, 1.82) is 0 Å². The summed E-state index contributed by atoms with van der Waals surface area (Å²) in [6, 6.07) is 50.9. The lowest BCUT2D eigenvalue weighted by atomic mass is 9.60. The van der Waals surface area contributed by atoms with Gasteiger partial charge in [0.2, 0.25) is 0 Å². The van der Waals surface area contributed by atoms with Gasteiger partial charge in [-0.15, -0.1) is 0 Å². The normalized spacial score (nSPS) is 13.7. The molecule has 0 atom stereocenters. The first-order chi connectivity index (χ1) is 22.8. The molecule has 0 saturated carbocycles. The van der Waals surface area contributed by atoms with Crippen LogP contribution in [0.25, 0.3) is 34.4 Å². The van der Waals surface area contributed by atoms with Gasteiger partial charge in [-0.25, -0.2) is 0 Å². The number of anilines is 3. The van der Waals surface area contributed by atoms with Crippen LogP contribution in [-0.4, -0.2) is 9.97 Å². The van der Waals surface area contributed by atoms with Gasteiger partial charge in [-0.3, -0.25) is 9.97 Å². The molecule has 0 amide bonds. The quantitative estimate of drug-likeness (QED) is 0.206. The third-order valence-corrected chi connectivity index (χ3v) is 9.50. The number of rotatable bonds is 3. The highest BCUT2D eigenvalue weighted by atomic mass is 15.2. The van der Waals surface area contributed by atoms with Crippen molar-refractivity contribution in [3.63, 3.8) is 0 Å². The Hall–Kier alpha value is -6.06. The average molecular weight is 588 g/mol. The summed E-state index contributed by atoms with van der Waals surface area (Å²) < 4.78 is 0. The summed E-state index contributed by atoms with van der Waals surface area (Å²) in [7, 11) is 0. The zero-order chi connectivity index (χ0) is 30.5. The molecule has 3 heteroatoms. The van der Waals surface area contributed by atoms with E-state index in [1.807, 2.05) is 24.8 Å². The fourth-order valence-corrected chi connectivity index (χ4v) is 7.51. The van der Waals surface area contributed by atoms with Gasteiger partial charge in [0.25, 0.3) is 0 Å². The van der Waals surface area contributed by atoms with Crippen LogP contribution in [0.15, 0.2) is 164 Å². The summed E-state index contributed by atoms with van der Waals surface area (Å²) in [5.41, 5.74) is 15.0. The smallest absolute Gasteiger partial charge is 0.0754 e. The minimum Gasteiger partial charge on any atom is -0.310 e. The number of para-hydroxylation sites is 3. The molecule has 0 unspecified atom stereocenters. The molecule has 0 fully saturated rings. The SMILES string of the molecule is C1=Cc2ccc(-c3ccncc3)cc2C2(c3cc(-c4ccncc4)ccc31)c1ccccc1N(c1ccccc1)c1ccccc12. The van der Waals surface area contributed by atoms with E-state index < -0.39 is 5.41 Å². The highest BCUT2D eigenvalue weighted by molar-refractivity contribution is 5.94. The molecule has 1 aliphatic carbocycles. The first-order valence-electron chi connectivity index (χ1n) is 15.6. The largest absolute Gasteiger partial charge is 0.310 e. The number of hydrogen-bond donors (Lipinski definition) is 0. The van der Waals surface area contributed by atoms with Crippen LogP contribution in [0.1, 0.15) is 33.4 Å². The first kappa shape index (κ1) is 26.4. The maximum Gasteiger partial charge on any atom is 0.0754 e. The summed E-state index contributed by atoms with van der Waals surface area (Å²) in [6.07, 6.45) is 12.1. The van der Waals surface area contributed by atoms with E-state index in [1.54, 1.807) is 0 Å². The van der Waals surface area contributed by atoms with E-state index in [2.05, 4.69) is 167 Å². The molecule has 2 aromatic heterocycles. The van der Waals surface area contributed by atoms with Gasteiger partial charge >= 0.3 is 0 Å². The third kappa shape index (κ3) is 3.92. The molecular weight excluding hydrogens is 558 g/mol. The molecule has 3 nitrogen and oxygen atoms in total. The Balaban J connectivity index is 1.44. The number of benzene rings is 5.